The molecule has 0 aromatic rings. The minimum Gasteiger partial charge on any atom is -0.369 e. The number of likely N-dealkylation sites (tertiary alicyclic amines) is 1. The standard InChI is InChI=1S/C9H15ClN2O2/c1-6(10)9(14)12-4-2-7(3-5-12)8(11)13/h6-7H,2-5H2,1H3,(H2,11,13)/t6-/m0/s1. The Balaban J connectivity index is 2.43. The van der Waals surface area contributed by atoms with Gasteiger partial charge >= 0.3 is 0 Å². The second kappa shape index (κ2) is 4.64. The number of primary amides is 1. The lowest BCUT2D eigenvalue weighted by Crippen LogP contribution is -2.44. The number of halogens is 1. The van der Waals surface area contributed by atoms with Gasteiger partial charge in [0.15, 0.2) is 0 Å². The zero-order chi connectivity index (χ0) is 10.7. The third kappa shape index (κ3) is 2.61. The molecular weight excluding hydrogens is 204 g/mol. The molecule has 5 heteroatoms. The predicted octanol–water partition coefficient (Wildman–Crippen LogP) is 0.338. The van der Waals surface area contributed by atoms with Crippen LogP contribution in [0.1, 0.15) is 19.8 Å². The zero-order valence-electron chi connectivity index (χ0n) is 8.20. The minimum absolute atomic E-state index is 0.0606. The number of rotatable bonds is 2. The van der Waals surface area contributed by atoms with Crippen molar-refractivity contribution in [2.45, 2.75) is 25.1 Å². The summed E-state index contributed by atoms with van der Waals surface area (Å²) in [5.74, 6) is -0.407. The summed E-state index contributed by atoms with van der Waals surface area (Å²) in [5, 5.41) is -0.486. The zero-order valence-corrected chi connectivity index (χ0v) is 8.96. The van der Waals surface area contributed by atoms with Crippen molar-refractivity contribution in [3.05, 3.63) is 0 Å². The fourth-order valence-corrected chi connectivity index (χ4v) is 1.77. The Labute approximate surface area is 88.4 Å². The van der Waals surface area contributed by atoms with Crippen LogP contribution in [0.5, 0.6) is 0 Å². The van der Waals surface area contributed by atoms with Crippen LogP contribution in [0.4, 0.5) is 0 Å². The van der Waals surface area contributed by atoms with Gasteiger partial charge in [-0.25, -0.2) is 0 Å². The number of piperidine rings is 1. The van der Waals surface area contributed by atoms with Gasteiger partial charge in [-0.05, 0) is 19.8 Å². The molecule has 1 aliphatic heterocycles. The average Bonchev–Trinajstić information content (AvgIpc) is 2.16. The van der Waals surface area contributed by atoms with Gasteiger partial charge in [-0.3, -0.25) is 9.59 Å². The highest BCUT2D eigenvalue weighted by Crippen LogP contribution is 2.17. The van der Waals surface area contributed by atoms with E-state index < -0.39 is 5.38 Å². The van der Waals surface area contributed by atoms with Crippen molar-refractivity contribution >= 4 is 23.4 Å². The van der Waals surface area contributed by atoms with Crippen molar-refractivity contribution < 1.29 is 9.59 Å². The Morgan fingerprint density at radius 3 is 2.29 bits per heavy atom. The average molecular weight is 219 g/mol. The fourth-order valence-electron chi connectivity index (χ4n) is 1.64. The molecule has 2 N–H and O–H groups in total. The molecule has 14 heavy (non-hydrogen) atoms. The predicted molar refractivity (Wildman–Crippen MR) is 53.8 cm³/mol. The second-order valence-corrected chi connectivity index (χ2v) is 4.27. The van der Waals surface area contributed by atoms with Gasteiger partial charge in [0.25, 0.3) is 0 Å². The largest absolute Gasteiger partial charge is 0.369 e. The highest BCUT2D eigenvalue weighted by molar-refractivity contribution is 6.30. The van der Waals surface area contributed by atoms with E-state index in [9.17, 15) is 9.59 Å². The molecule has 0 aliphatic carbocycles. The lowest BCUT2D eigenvalue weighted by molar-refractivity contribution is -0.134. The molecule has 1 saturated heterocycles. The van der Waals surface area contributed by atoms with E-state index in [4.69, 9.17) is 17.3 Å². The van der Waals surface area contributed by atoms with Crippen molar-refractivity contribution in [3.63, 3.8) is 0 Å². The summed E-state index contributed by atoms with van der Waals surface area (Å²) in [6.45, 7) is 2.83. The SMILES string of the molecule is C[C@H](Cl)C(=O)N1CCC(C(N)=O)CC1. The van der Waals surface area contributed by atoms with Crippen LogP contribution >= 0.6 is 11.6 Å². The molecule has 80 valence electrons. The smallest absolute Gasteiger partial charge is 0.240 e. The number of alkyl halides is 1. The van der Waals surface area contributed by atoms with Gasteiger partial charge in [-0.15, -0.1) is 11.6 Å². The molecule has 1 atom stereocenters. The van der Waals surface area contributed by atoms with E-state index >= 15 is 0 Å². The van der Waals surface area contributed by atoms with E-state index in [1.165, 1.54) is 0 Å². The third-order valence-corrected chi connectivity index (χ3v) is 2.74. The molecule has 0 unspecified atom stereocenters. The molecule has 0 bridgehead atoms. The Bertz CT molecular complexity index is 235. The van der Waals surface area contributed by atoms with Crippen LogP contribution < -0.4 is 5.73 Å². The van der Waals surface area contributed by atoms with E-state index in [-0.39, 0.29) is 17.7 Å². The number of nitrogens with zero attached hydrogens (tertiary/aromatic N) is 1. The first-order valence-corrected chi connectivity index (χ1v) is 5.18. The topological polar surface area (TPSA) is 63.4 Å². The number of hydrogen-bond donors (Lipinski definition) is 1. The second-order valence-electron chi connectivity index (χ2n) is 3.62. The first-order valence-electron chi connectivity index (χ1n) is 4.74. The molecule has 0 aromatic carbocycles. The van der Waals surface area contributed by atoms with Gasteiger partial charge in [0.05, 0.1) is 0 Å². The summed E-state index contributed by atoms with van der Waals surface area (Å²) in [6.07, 6.45) is 1.31. The van der Waals surface area contributed by atoms with Gasteiger partial charge < -0.3 is 10.6 Å². The van der Waals surface area contributed by atoms with E-state index in [2.05, 4.69) is 0 Å². The number of hydrogen-bond acceptors (Lipinski definition) is 2. The molecule has 1 heterocycles. The quantitative estimate of drug-likeness (QED) is 0.680. The van der Waals surface area contributed by atoms with Crippen molar-refractivity contribution in [2.24, 2.45) is 11.7 Å². The Hall–Kier alpha value is -0.770. The Kier molecular flexibility index (Phi) is 3.75. The first-order chi connectivity index (χ1) is 6.52. The summed E-state index contributed by atoms with van der Waals surface area (Å²) in [6, 6.07) is 0. The van der Waals surface area contributed by atoms with Gasteiger partial charge in [-0.2, -0.15) is 0 Å². The van der Waals surface area contributed by atoms with Crippen LogP contribution in [-0.2, 0) is 9.59 Å². The maximum atomic E-state index is 11.5. The summed E-state index contributed by atoms with van der Waals surface area (Å²) in [4.78, 5) is 24.0. The van der Waals surface area contributed by atoms with Gasteiger partial charge in [-0.1, -0.05) is 0 Å². The first kappa shape index (κ1) is 11.3. The van der Waals surface area contributed by atoms with E-state index in [1.807, 2.05) is 0 Å². The Morgan fingerprint density at radius 2 is 1.93 bits per heavy atom. The molecule has 0 spiro atoms. The fraction of sp³-hybridized carbons (Fsp3) is 0.778. The number of carbonyl (C=O) groups excluding carboxylic acids is 2. The summed E-state index contributed by atoms with van der Waals surface area (Å²) >= 11 is 5.68. The monoisotopic (exact) mass is 218 g/mol. The lowest BCUT2D eigenvalue weighted by Gasteiger charge is -2.31. The minimum atomic E-state index is -0.486. The molecular formula is C9H15ClN2O2. The molecule has 1 aliphatic rings. The van der Waals surface area contributed by atoms with Crippen molar-refractivity contribution in [3.8, 4) is 0 Å². The van der Waals surface area contributed by atoms with Crippen LogP contribution in [0.3, 0.4) is 0 Å². The van der Waals surface area contributed by atoms with Crippen LogP contribution in [0.2, 0.25) is 0 Å². The number of carbonyl (C=O) groups is 2. The highest BCUT2D eigenvalue weighted by atomic mass is 35.5. The van der Waals surface area contributed by atoms with E-state index in [0.717, 1.165) is 0 Å². The van der Waals surface area contributed by atoms with Gasteiger partial charge in [0, 0.05) is 19.0 Å². The van der Waals surface area contributed by atoms with E-state index in [1.54, 1.807) is 11.8 Å². The number of amides is 2. The molecule has 1 fully saturated rings. The maximum absolute atomic E-state index is 11.5. The molecule has 4 nitrogen and oxygen atoms in total. The van der Waals surface area contributed by atoms with Crippen molar-refractivity contribution in [1.82, 2.24) is 4.90 Å². The molecule has 0 saturated carbocycles. The Morgan fingerprint density at radius 1 is 1.43 bits per heavy atom. The van der Waals surface area contributed by atoms with Crippen LogP contribution in [0.25, 0.3) is 0 Å². The molecule has 0 aromatic heterocycles. The van der Waals surface area contributed by atoms with Crippen LogP contribution in [0.15, 0.2) is 0 Å². The van der Waals surface area contributed by atoms with Crippen molar-refractivity contribution in [1.29, 1.82) is 0 Å². The third-order valence-electron chi connectivity index (χ3n) is 2.55. The molecule has 1 rings (SSSR count). The normalized spacial score (nSPS) is 20.6. The van der Waals surface area contributed by atoms with E-state index in [0.29, 0.717) is 25.9 Å². The van der Waals surface area contributed by atoms with Crippen LogP contribution in [-0.4, -0.2) is 35.2 Å². The summed E-state index contributed by atoms with van der Waals surface area (Å²) in [5.41, 5.74) is 5.18. The number of nitrogens with two attached hydrogens (primary N) is 1. The van der Waals surface area contributed by atoms with Crippen LogP contribution in [0, 0.1) is 5.92 Å². The molecule has 0 radical (unpaired) electrons. The molecule has 2 amide bonds. The van der Waals surface area contributed by atoms with Gasteiger partial charge in [0.2, 0.25) is 11.8 Å². The maximum Gasteiger partial charge on any atom is 0.240 e. The lowest BCUT2D eigenvalue weighted by atomic mass is 9.96. The summed E-state index contributed by atoms with van der Waals surface area (Å²) < 4.78 is 0. The highest BCUT2D eigenvalue weighted by Gasteiger charge is 2.27. The van der Waals surface area contributed by atoms with Gasteiger partial charge in [0.1, 0.15) is 5.38 Å². The van der Waals surface area contributed by atoms with Crippen molar-refractivity contribution in [2.75, 3.05) is 13.1 Å². The summed E-state index contributed by atoms with van der Waals surface area (Å²) in [7, 11) is 0.